The van der Waals surface area contributed by atoms with Gasteiger partial charge in [-0.25, -0.2) is 0 Å². The minimum absolute atomic E-state index is 0.0103. The number of hydrogen-bond donors (Lipinski definition) is 3. The summed E-state index contributed by atoms with van der Waals surface area (Å²) in [4.78, 5) is 24.5. The van der Waals surface area contributed by atoms with Crippen molar-refractivity contribution in [2.75, 3.05) is 13.2 Å². The summed E-state index contributed by atoms with van der Waals surface area (Å²) < 4.78 is 5.49. The number of hydrogen-bond acceptors (Lipinski definition) is 5. The average molecular weight is 947 g/mol. The summed E-state index contributed by atoms with van der Waals surface area (Å²) in [6.45, 7) is 4.97. The zero-order valence-electron chi connectivity index (χ0n) is 45.4. The molecule has 0 bridgehead atoms. The lowest BCUT2D eigenvalue weighted by atomic mass is 10.0. The molecule has 0 aromatic carbocycles. The third-order valence-corrected chi connectivity index (χ3v) is 14.3. The maximum atomic E-state index is 12.5. The van der Waals surface area contributed by atoms with Crippen LogP contribution in [-0.2, 0) is 14.3 Å². The highest BCUT2D eigenvalue weighted by molar-refractivity contribution is 5.76. The zero-order chi connectivity index (χ0) is 48.6. The highest BCUT2D eigenvalue weighted by atomic mass is 16.5. The van der Waals surface area contributed by atoms with Gasteiger partial charge in [0.25, 0.3) is 0 Å². The number of amides is 1. The fourth-order valence-electron chi connectivity index (χ4n) is 9.64. The Kier molecular flexibility index (Phi) is 56.0. The Balaban J connectivity index is 3.40. The van der Waals surface area contributed by atoms with Crippen LogP contribution in [0, 0.1) is 0 Å². The number of nitrogens with one attached hydrogen (secondary N) is 1. The predicted molar refractivity (Wildman–Crippen MR) is 292 cm³/mol. The Morgan fingerprint density at radius 2 is 0.701 bits per heavy atom. The van der Waals surface area contributed by atoms with Crippen molar-refractivity contribution in [3.05, 3.63) is 12.2 Å². The van der Waals surface area contributed by atoms with Crippen LogP contribution in [0.15, 0.2) is 12.2 Å². The number of rotatable bonds is 57. The standard InChI is InChI=1S/C61H119NO5/c1-3-5-7-9-11-13-15-17-19-27-31-35-39-43-47-51-55-61(66)67-56-52-48-44-40-36-32-28-25-23-21-20-22-24-26-30-34-38-42-46-50-54-60(65)62-58(57-63)59(64)53-49-45-41-37-33-29-18-16-14-12-10-8-6-4-2/h20,22,58-59,63-64H,3-19,21,23-57H2,1-2H3,(H,62,65)/b22-20-. The molecule has 0 aliphatic rings. The minimum atomic E-state index is -0.668. The molecule has 6 heteroatoms. The van der Waals surface area contributed by atoms with Crippen molar-refractivity contribution < 1.29 is 24.5 Å². The molecule has 0 heterocycles. The fourth-order valence-corrected chi connectivity index (χ4v) is 9.64. The van der Waals surface area contributed by atoms with Crippen LogP contribution in [0.4, 0.5) is 0 Å². The molecule has 0 aromatic rings. The Bertz CT molecular complexity index is 1000. The number of aliphatic hydroxyl groups excluding tert-OH is 2. The smallest absolute Gasteiger partial charge is 0.305 e. The number of allylic oxidation sites excluding steroid dienone is 2. The number of aliphatic hydroxyl groups is 2. The van der Waals surface area contributed by atoms with Gasteiger partial charge in [0.1, 0.15) is 0 Å². The highest BCUT2D eigenvalue weighted by Gasteiger charge is 2.20. The SMILES string of the molecule is CCCCCCCCCCCCCCCCCCC(=O)OCCCCCCCCCCC/C=C\CCCCCCCCCC(=O)NC(CO)C(O)CCCCCCCCCCCCCCCC. The Morgan fingerprint density at radius 3 is 1.06 bits per heavy atom. The van der Waals surface area contributed by atoms with Gasteiger partial charge in [0, 0.05) is 12.8 Å². The third kappa shape index (κ3) is 53.8. The molecule has 0 fully saturated rings. The molecule has 0 radical (unpaired) electrons. The molecule has 67 heavy (non-hydrogen) atoms. The van der Waals surface area contributed by atoms with Gasteiger partial charge in [-0.05, 0) is 51.4 Å². The first-order chi connectivity index (χ1) is 33.0. The van der Waals surface area contributed by atoms with Gasteiger partial charge in [-0.3, -0.25) is 9.59 Å². The lowest BCUT2D eigenvalue weighted by molar-refractivity contribution is -0.143. The van der Waals surface area contributed by atoms with Gasteiger partial charge < -0.3 is 20.3 Å². The molecular weight excluding hydrogens is 827 g/mol. The molecule has 0 aliphatic heterocycles. The van der Waals surface area contributed by atoms with Crippen molar-refractivity contribution in [3.63, 3.8) is 0 Å². The second-order valence-corrected chi connectivity index (χ2v) is 21.0. The van der Waals surface area contributed by atoms with Crippen LogP contribution in [0.25, 0.3) is 0 Å². The first kappa shape index (κ1) is 65.6. The van der Waals surface area contributed by atoms with Crippen molar-refractivity contribution in [2.24, 2.45) is 0 Å². The molecule has 0 aliphatic carbocycles. The van der Waals surface area contributed by atoms with Crippen molar-refractivity contribution in [1.29, 1.82) is 0 Å². The second-order valence-electron chi connectivity index (χ2n) is 21.0. The maximum Gasteiger partial charge on any atom is 0.305 e. The molecule has 2 atom stereocenters. The fraction of sp³-hybridized carbons (Fsp3) is 0.934. The number of esters is 1. The average Bonchev–Trinajstić information content (AvgIpc) is 3.33. The number of unbranched alkanes of at least 4 members (excludes halogenated alkanes) is 44. The third-order valence-electron chi connectivity index (χ3n) is 14.3. The van der Waals surface area contributed by atoms with Gasteiger partial charge in [-0.2, -0.15) is 0 Å². The quantitative estimate of drug-likeness (QED) is 0.0321. The predicted octanol–water partition coefficient (Wildman–Crippen LogP) is 18.9. The molecule has 0 rings (SSSR count). The second kappa shape index (κ2) is 57.2. The monoisotopic (exact) mass is 946 g/mol. The summed E-state index contributed by atoms with van der Waals surface area (Å²) in [6.07, 6.45) is 67.8. The van der Waals surface area contributed by atoms with E-state index in [-0.39, 0.29) is 18.5 Å². The van der Waals surface area contributed by atoms with Crippen LogP contribution < -0.4 is 5.32 Å². The summed E-state index contributed by atoms with van der Waals surface area (Å²) in [7, 11) is 0. The minimum Gasteiger partial charge on any atom is -0.466 e. The number of carbonyl (C=O) groups excluding carboxylic acids is 2. The zero-order valence-corrected chi connectivity index (χ0v) is 45.4. The van der Waals surface area contributed by atoms with E-state index in [0.29, 0.717) is 25.9 Å². The number of carbonyl (C=O) groups is 2. The van der Waals surface area contributed by atoms with Crippen LogP contribution >= 0.6 is 0 Å². The molecule has 2 unspecified atom stereocenters. The lowest BCUT2D eigenvalue weighted by Gasteiger charge is -2.22. The summed E-state index contributed by atoms with van der Waals surface area (Å²) in [5.41, 5.74) is 0. The molecular formula is C61H119NO5. The van der Waals surface area contributed by atoms with Gasteiger partial charge in [0.05, 0.1) is 25.4 Å². The summed E-state index contributed by atoms with van der Waals surface area (Å²) in [5.74, 6) is -0.0314. The lowest BCUT2D eigenvalue weighted by Crippen LogP contribution is -2.45. The summed E-state index contributed by atoms with van der Waals surface area (Å²) in [5, 5.41) is 23.3. The van der Waals surface area contributed by atoms with Crippen LogP contribution in [-0.4, -0.2) is 47.4 Å². The van der Waals surface area contributed by atoms with E-state index in [0.717, 1.165) is 38.5 Å². The summed E-state index contributed by atoms with van der Waals surface area (Å²) >= 11 is 0. The molecule has 398 valence electrons. The number of ether oxygens (including phenoxy) is 1. The Hall–Kier alpha value is -1.40. The maximum absolute atomic E-state index is 12.5. The van der Waals surface area contributed by atoms with E-state index < -0.39 is 12.1 Å². The highest BCUT2D eigenvalue weighted by Crippen LogP contribution is 2.18. The summed E-state index contributed by atoms with van der Waals surface area (Å²) in [6, 6.07) is -0.546. The van der Waals surface area contributed by atoms with E-state index in [9.17, 15) is 19.8 Å². The van der Waals surface area contributed by atoms with Gasteiger partial charge in [0.15, 0.2) is 0 Å². The van der Waals surface area contributed by atoms with E-state index in [1.807, 2.05) is 0 Å². The van der Waals surface area contributed by atoms with Gasteiger partial charge >= 0.3 is 5.97 Å². The van der Waals surface area contributed by atoms with E-state index in [4.69, 9.17) is 4.74 Å². The molecule has 1 amide bonds. The van der Waals surface area contributed by atoms with Crippen LogP contribution in [0.1, 0.15) is 341 Å². The van der Waals surface area contributed by atoms with E-state index >= 15 is 0 Å². The van der Waals surface area contributed by atoms with Gasteiger partial charge in [-0.1, -0.05) is 289 Å². The first-order valence-corrected chi connectivity index (χ1v) is 30.4. The van der Waals surface area contributed by atoms with E-state index in [2.05, 4.69) is 31.3 Å². The van der Waals surface area contributed by atoms with Crippen LogP contribution in [0.5, 0.6) is 0 Å². The van der Waals surface area contributed by atoms with Crippen LogP contribution in [0.2, 0.25) is 0 Å². The molecule has 6 nitrogen and oxygen atoms in total. The molecule has 0 spiro atoms. The van der Waals surface area contributed by atoms with Crippen molar-refractivity contribution in [2.45, 2.75) is 353 Å². The normalized spacial score (nSPS) is 12.6. The van der Waals surface area contributed by atoms with Crippen molar-refractivity contribution in [1.82, 2.24) is 5.32 Å². The van der Waals surface area contributed by atoms with Gasteiger partial charge in [-0.15, -0.1) is 0 Å². The van der Waals surface area contributed by atoms with E-state index in [1.54, 1.807) is 0 Å². The van der Waals surface area contributed by atoms with Gasteiger partial charge in [0.2, 0.25) is 5.91 Å². The van der Waals surface area contributed by atoms with Crippen molar-refractivity contribution >= 4 is 11.9 Å². The van der Waals surface area contributed by atoms with Crippen LogP contribution in [0.3, 0.4) is 0 Å². The first-order valence-electron chi connectivity index (χ1n) is 30.4. The largest absolute Gasteiger partial charge is 0.466 e. The molecule has 0 saturated heterocycles. The Labute approximate surface area is 419 Å². The van der Waals surface area contributed by atoms with Crippen molar-refractivity contribution in [3.8, 4) is 0 Å². The topological polar surface area (TPSA) is 95.9 Å². The molecule has 3 N–H and O–H groups in total. The molecule has 0 aromatic heterocycles. The Morgan fingerprint density at radius 1 is 0.403 bits per heavy atom. The van der Waals surface area contributed by atoms with E-state index in [1.165, 1.54) is 270 Å². The molecule has 0 saturated carbocycles.